The van der Waals surface area contributed by atoms with E-state index in [1.807, 2.05) is 0 Å². The van der Waals surface area contributed by atoms with Crippen molar-refractivity contribution in [2.45, 2.75) is 32.4 Å². The highest BCUT2D eigenvalue weighted by Gasteiger charge is 2.44. The molecule has 3 atom stereocenters. The maximum absolute atomic E-state index is 9.77. The second-order valence-electron chi connectivity index (χ2n) is 5.36. The predicted octanol–water partition coefficient (Wildman–Crippen LogP) is 0.282. The third-order valence-corrected chi connectivity index (χ3v) is 3.89. The van der Waals surface area contributed by atoms with E-state index in [9.17, 15) is 5.11 Å². The predicted molar refractivity (Wildman–Crippen MR) is 56.9 cm³/mol. The molecule has 0 radical (unpaired) electrons. The van der Waals surface area contributed by atoms with Gasteiger partial charge in [-0.3, -0.25) is 0 Å². The van der Waals surface area contributed by atoms with E-state index in [1.165, 1.54) is 6.42 Å². The quantitative estimate of drug-likeness (QED) is 0.685. The standard InChI is InChI=1S/C11H22N2O/c1-7(2)10(14)6-13-4-8-3-9(5-13)11(8)12/h7-11,14H,3-6,12H2,1-2H3. The monoisotopic (exact) mass is 198 g/mol. The number of rotatable bonds is 3. The van der Waals surface area contributed by atoms with Crippen LogP contribution in [0, 0.1) is 17.8 Å². The van der Waals surface area contributed by atoms with Crippen LogP contribution in [-0.4, -0.2) is 41.8 Å². The zero-order valence-electron chi connectivity index (χ0n) is 9.19. The first-order valence-electron chi connectivity index (χ1n) is 5.74. The van der Waals surface area contributed by atoms with Crippen molar-refractivity contribution < 1.29 is 5.11 Å². The molecule has 3 heteroatoms. The van der Waals surface area contributed by atoms with Gasteiger partial charge >= 0.3 is 0 Å². The Morgan fingerprint density at radius 2 is 1.93 bits per heavy atom. The van der Waals surface area contributed by atoms with Gasteiger partial charge in [0.1, 0.15) is 0 Å². The lowest BCUT2D eigenvalue weighted by Crippen LogP contribution is -2.62. The van der Waals surface area contributed by atoms with Crippen LogP contribution < -0.4 is 5.73 Å². The van der Waals surface area contributed by atoms with Crippen LogP contribution in [-0.2, 0) is 0 Å². The normalized spacial score (nSPS) is 39.6. The second kappa shape index (κ2) is 3.80. The average Bonchev–Trinajstić information content (AvgIpc) is 2.17. The Morgan fingerprint density at radius 3 is 2.36 bits per heavy atom. The van der Waals surface area contributed by atoms with Crippen molar-refractivity contribution >= 4 is 0 Å². The van der Waals surface area contributed by atoms with E-state index in [2.05, 4.69) is 18.7 Å². The van der Waals surface area contributed by atoms with Crippen molar-refractivity contribution in [2.24, 2.45) is 23.5 Å². The van der Waals surface area contributed by atoms with E-state index < -0.39 is 0 Å². The average molecular weight is 198 g/mol. The molecule has 2 heterocycles. The van der Waals surface area contributed by atoms with Crippen molar-refractivity contribution in [1.29, 1.82) is 0 Å². The molecule has 1 aliphatic carbocycles. The number of hydrogen-bond acceptors (Lipinski definition) is 3. The van der Waals surface area contributed by atoms with Gasteiger partial charge < -0.3 is 15.7 Å². The molecular formula is C11H22N2O. The summed E-state index contributed by atoms with van der Waals surface area (Å²) >= 11 is 0. The molecule has 3 aliphatic rings. The molecule has 3 rings (SSSR count). The summed E-state index contributed by atoms with van der Waals surface area (Å²) in [5.74, 6) is 1.77. The molecule has 0 aromatic carbocycles. The molecule has 3 N–H and O–H groups in total. The molecule has 3 fully saturated rings. The maximum Gasteiger partial charge on any atom is 0.0689 e. The number of nitrogens with two attached hydrogens (primary N) is 1. The van der Waals surface area contributed by atoms with Gasteiger partial charge in [-0.2, -0.15) is 0 Å². The summed E-state index contributed by atoms with van der Waals surface area (Å²) in [5, 5.41) is 9.77. The lowest BCUT2D eigenvalue weighted by atomic mass is 9.66. The molecule has 2 bridgehead atoms. The number of fused-ring (bicyclic) bond motifs is 2. The van der Waals surface area contributed by atoms with Crippen molar-refractivity contribution in [3.63, 3.8) is 0 Å². The third kappa shape index (κ3) is 1.81. The molecule has 2 saturated heterocycles. The molecule has 0 aromatic rings. The van der Waals surface area contributed by atoms with Gasteiger partial charge in [-0.1, -0.05) is 13.8 Å². The minimum Gasteiger partial charge on any atom is -0.392 e. The topological polar surface area (TPSA) is 49.5 Å². The molecule has 3 unspecified atom stereocenters. The van der Waals surface area contributed by atoms with E-state index in [0.29, 0.717) is 23.8 Å². The Hall–Kier alpha value is -0.120. The Balaban J connectivity index is 1.79. The fraction of sp³-hybridized carbons (Fsp3) is 1.00. The summed E-state index contributed by atoms with van der Waals surface area (Å²) in [7, 11) is 0. The highest BCUT2D eigenvalue weighted by atomic mass is 16.3. The largest absolute Gasteiger partial charge is 0.392 e. The first-order chi connectivity index (χ1) is 6.58. The number of aliphatic hydroxyl groups is 1. The van der Waals surface area contributed by atoms with Gasteiger partial charge in [-0.15, -0.1) is 0 Å². The molecule has 14 heavy (non-hydrogen) atoms. The lowest BCUT2D eigenvalue weighted by Gasteiger charge is -2.52. The van der Waals surface area contributed by atoms with Crippen LogP contribution in [0.2, 0.25) is 0 Å². The number of piperidine rings is 2. The van der Waals surface area contributed by atoms with Gasteiger partial charge in [-0.25, -0.2) is 0 Å². The number of nitrogens with zero attached hydrogens (tertiary/aromatic N) is 1. The highest BCUT2D eigenvalue weighted by Crippen LogP contribution is 2.38. The Bertz CT molecular complexity index is 195. The Labute approximate surface area is 86.3 Å². The van der Waals surface area contributed by atoms with Crippen molar-refractivity contribution in [1.82, 2.24) is 4.90 Å². The van der Waals surface area contributed by atoms with Crippen LogP contribution in [0.5, 0.6) is 0 Å². The molecule has 0 amide bonds. The van der Waals surface area contributed by atoms with Crippen LogP contribution in [0.3, 0.4) is 0 Å². The summed E-state index contributed by atoms with van der Waals surface area (Å²) in [4.78, 5) is 2.38. The first kappa shape index (κ1) is 10.4. The third-order valence-electron chi connectivity index (χ3n) is 3.89. The molecular weight excluding hydrogens is 176 g/mol. The van der Waals surface area contributed by atoms with Gasteiger partial charge in [0, 0.05) is 25.7 Å². The van der Waals surface area contributed by atoms with Gasteiger partial charge in [0.05, 0.1) is 6.10 Å². The fourth-order valence-corrected chi connectivity index (χ4v) is 2.65. The van der Waals surface area contributed by atoms with E-state index in [0.717, 1.165) is 19.6 Å². The molecule has 1 saturated carbocycles. The Kier molecular flexibility index (Phi) is 2.82. The lowest BCUT2D eigenvalue weighted by molar-refractivity contribution is -0.0253. The summed E-state index contributed by atoms with van der Waals surface area (Å²) in [5.41, 5.74) is 5.99. The summed E-state index contributed by atoms with van der Waals surface area (Å²) in [6, 6.07) is 0.447. The Morgan fingerprint density at radius 1 is 1.36 bits per heavy atom. The van der Waals surface area contributed by atoms with Crippen LogP contribution in [0.4, 0.5) is 0 Å². The van der Waals surface area contributed by atoms with Crippen LogP contribution >= 0.6 is 0 Å². The van der Waals surface area contributed by atoms with E-state index in [4.69, 9.17) is 5.73 Å². The summed E-state index contributed by atoms with van der Waals surface area (Å²) in [6.45, 7) is 7.17. The van der Waals surface area contributed by atoms with Gasteiger partial charge in [0.15, 0.2) is 0 Å². The molecule has 0 spiro atoms. The fourth-order valence-electron chi connectivity index (χ4n) is 2.65. The van der Waals surface area contributed by atoms with Crippen LogP contribution in [0.15, 0.2) is 0 Å². The van der Waals surface area contributed by atoms with Crippen LogP contribution in [0.1, 0.15) is 20.3 Å². The minimum absolute atomic E-state index is 0.177. The second-order valence-corrected chi connectivity index (χ2v) is 5.36. The maximum atomic E-state index is 9.77. The molecule has 2 aliphatic heterocycles. The van der Waals surface area contributed by atoms with E-state index >= 15 is 0 Å². The first-order valence-corrected chi connectivity index (χ1v) is 5.74. The van der Waals surface area contributed by atoms with Crippen molar-refractivity contribution in [3.8, 4) is 0 Å². The van der Waals surface area contributed by atoms with Crippen molar-refractivity contribution in [3.05, 3.63) is 0 Å². The van der Waals surface area contributed by atoms with Gasteiger partial charge in [0.25, 0.3) is 0 Å². The minimum atomic E-state index is -0.177. The molecule has 3 nitrogen and oxygen atoms in total. The van der Waals surface area contributed by atoms with Crippen molar-refractivity contribution in [2.75, 3.05) is 19.6 Å². The molecule has 0 aromatic heterocycles. The van der Waals surface area contributed by atoms with Crippen LogP contribution in [0.25, 0.3) is 0 Å². The zero-order chi connectivity index (χ0) is 10.3. The molecule has 82 valence electrons. The number of aliphatic hydroxyl groups excluding tert-OH is 1. The van der Waals surface area contributed by atoms with Gasteiger partial charge in [-0.05, 0) is 24.2 Å². The van der Waals surface area contributed by atoms with Gasteiger partial charge in [0.2, 0.25) is 0 Å². The summed E-state index contributed by atoms with van der Waals surface area (Å²) in [6.07, 6.45) is 1.14. The smallest absolute Gasteiger partial charge is 0.0689 e. The highest BCUT2D eigenvalue weighted by molar-refractivity contribution is 5.00. The SMILES string of the molecule is CC(C)C(O)CN1CC2CC(C1)C2N. The van der Waals surface area contributed by atoms with E-state index in [-0.39, 0.29) is 6.10 Å². The van der Waals surface area contributed by atoms with E-state index in [1.54, 1.807) is 0 Å². The number of hydrogen-bond donors (Lipinski definition) is 2. The summed E-state index contributed by atoms with van der Waals surface area (Å²) < 4.78 is 0. The zero-order valence-corrected chi connectivity index (χ0v) is 9.19.